The summed E-state index contributed by atoms with van der Waals surface area (Å²) in [6.45, 7) is 4.06. The second kappa shape index (κ2) is 8.28. The number of anilines is 1. The Kier molecular flexibility index (Phi) is 5.04. The van der Waals surface area contributed by atoms with Crippen LogP contribution in [-0.4, -0.2) is 34.4 Å². The van der Waals surface area contributed by atoms with Crippen molar-refractivity contribution in [3.05, 3.63) is 87.5 Å². The van der Waals surface area contributed by atoms with Gasteiger partial charge in [0.1, 0.15) is 40.8 Å². The van der Waals surface area contributed by atoms with Crippen LogP contribution in [0, 0.1) is 13.8 Å². The number of phenols is 1. The van der Waals surface area contributed by atoms with E-state index >= 15 is 0 Å². The van der Waals surface area contributed by atoms with E-state index in [1.165, 1.54) is 17.7 Å². The van der Waals surface area contributed by atoms with Crippen molar-refractivity contribution >= 4 is 38.4 Å². The van der Waals surface area contributed by atoms with Gasteiger partial charge in [-0.05, 0) is 48.6 Å². The minimum atomic E-state index is -0.123. The number of benzene rings is 2. The quantitative estimate of drug-likeness (QED) is 0.375. The number of aryl methyl sites for hydroxylation is 2. The number of aromatic nitrogens is 6. The van der Waals surface area contributed by atoms with Crippen molar-refractivity contribution in [1.82, 2.24) is 29.3 Å². The molecule has 2 aromatic carbocycles. The zero-order chi connectivity index (χ0) is 25.0. The van der Waals surface area contributed by atoms with Crippen LogP contribution in [0.25, 0.3) is 38.2 Å². The van der Waals surface area contributed by atoms with Gasteiger partial charge in [0.05, 0.1) is 16.5 Å². The lowest BCUT2D eigenvalue weighted by Gasteiger charge is -2.15. The summed E-state index contributed by atoms with van der Waals surface area (Å²) in [7, 11) is 0. The zero-order valence-corrected chi connectivity index (χ0v) is 20.3. The Morgan fingerprint density at radius 1 is 1.03 bits per heavy atom. The molecule has 178 valence electrons. The van der Waals surface area contributed by atoms with Crippen LogP contribution in [-0.2, 0) is 6.54 Å². The molecule has 0 spiro atoms. The molecule has 0 aliphatic rings. The van der Waals surface area contributed by atoms with Gasteiger partial charge in [-0.25, -0.2) is 19.6 Å². The first-order valence-corrected chi connectivity index (χ1v) is 12.1. The average molecular weight is 496 g/mol. The number of thiophene rings is 1. The summed E-state index contributed by atoms with van der Waals surface area (Å²) < 4.78 is 3.33. The van der Waals surface area contributed by atoms with Gasteiger partial charge in [0.2, 0.25) is 0 Å². The van der Waals surface area contributed by atoms with E-state index in [2.05, 4.69) is 9.97 Å². The number of hydrogen-bond acceptors (Lipinski definition) is 8. The highest BCUT2D eigenvalue weighted by atomic mass is 32.1. The topological polar surface area (TPSA) is 125 Å². The smallest absolute Gasteiger partial charge is 0.267 e. The standard InChI is InChI=1S/C26H21N7O2S/c1-14-6-3-4-9-18(14)33-19(30-25-20(26(33)35)15(2)12-36-25)11-32-24-21(23(27)28-13-29-24)22(31-32)16-7-5-8-17(34)10-16/h3-10,12-13,34H,11H2,1-2H3,(H2,27,28,29). The molecule has 0 aliphatic heterocycles. The van der Waals surface area contributed by atoms with Gasteiger partial charge in [-0.15, -0.1) is 11.3 Å². The first-order valence-electron chi connectivity index (χ1n) is 11.2. The number of nitrogens with two attached hydrogens (primary N) is 1. The molecule has 0 saturated carbocycles. The van der Waals surface area contributed by atoms with Gasteiger partial charge in [-0.1, -0.05) is 30.3 Å². The molecule has 3 N–H and O–H groups in total. The molecular formula is C26H21N7O2S. The Hall–Kier alpha value is -4.57. The molecule has 0 bridgehead atoms. The fraction of sp³-hybridized carbons (Fsp3) is 0.115. The lowest BCUT2D eigenvalue weighted by molar-refractivity contribution is 0.475. The highest BCUT2D eigenvalue weighted by molar-refractivity contribution is 7.16. The molecule has 4 heterocycles. The zero-order valence-electron chi connectivity index (χ0n) is 19.5. The van der Waals surface area contributed by atoms with Gasteiger partial charge < -0.3 is 10.8 Å². The van der Waals surface area contributed by atoms with E-state index in [4.69, 9.17) is 15.8 Å². The predicted octanol–water partition coefficient (Wildman–Crippen LogP) is 4.21. The van der Waals surface area contributed by atoms with Gasteiger partial charge in [0.15, 0.2) is 5.65 Å². The highest BCUT2D eigenvalue weighted by Crippen LogP contribution is 2.32. The minimum absolute atomic E-state index is 0.110. The van der Waals surface area contributed by atoms with Gasteiger partial charge in [-0.2, -0.15) is 5.10 Å². The fourth-order valence-electron chi connectivity index (χ4n) is 4.47. The van der Waals surface area contributed by atoms with Crippen molar-refractivity contribution in [2.45, 2.75) is 20.4 Å². The number of hydrogen-bond donors (Lipinski definition) is 2. The maximum atomic E-state index is 13.8. The van der Waals surface area contributed by atoms with Crippen molar-refractivity contribution in [1.29, 1.82) is 0 Å². The molecule has 36 heavy (non-hydrogen) atoms. The Morgan fingerprint density at radius 3 is 2.67 bits per heavy atom. The molecule has 4 aromatic heterocycles. The van der Waals surface area contributed by atoms with Crippen LogP contribution in [0.2, 0.25) is 0 Å². The number of nitrogens with zero attached hydrogens (tertiary/aromatic N) is 6. The summed E-state index contributed by atoms with van der Waals surface area (Å²) in [4.78, 5) is 28.0. The SMILES string of the molecule is Cc1ccccc1-n1c(Cn2nc(-c3cccc(O)c3)c3c(N)ncnc32)nc2scc(C)c2c1=O. The number of fused-ring (bicyclic) bond motifs is 2. The first-order chi connectivity index (χ1) is 17.4. The Bertz CT molecular complexity index is 1850. The van der Waals surface area contributed by atoms with Crippen molar-refractivity contribution in [2.24, 2.45) is 0 Å². The third-order valence-corrected chi connectivity index (χ3v) is 7.18. The lowest BCUT2D eigenvalue weighted by atomic mass is 10.1. The molecule has 0 fully saturated rings. The van der Waals surface area contributed by atoms with Crippen LogP contribution in [0.3, 0.4) is 0 Å². The molecule has 0 unspecified atom stereocenters. The predicted molar refractivity (Wildman–Crippen MR) is 141 cm³/mol. The van der Waals surface area contributed by atoms with Crippen molar-refractivity contribution in [3.63, 3.8) is 0 Å². The molecule has 0 amide bonds. The van der Waals surface area contributed by atoms with E-state index in [-0.39, 0.29) is 23.7 Å². The second-order valence-electron chi connectivity index (χ2n) is 8.57. The normalized spacial score (nSPS) is 11.5. The monoisotopic (exact) mass is 495 g/mol. The molecule has 6 rings (SSSR count). The number of para-hydroxylation sites is 1. The second-order valence-corrected chi connectivity index (χ2v) is 9.43. The Labute approximate surface area is 209 Å². The summed E-state index contributed by atoms with van der Waals surface area (Å²) in [5.41, 5.74) is 10.5. The molecule has 6 aromatic rings. The van der Waals surface area contributed by atoms with Gasteiger partial charge in [0.25, 0.3) is 5.56 Å². The summed E-state index contributed by atoms with van der Waals surface area (Å²) in [6, 6.07) is 14.5. The van der Waals surface area contributed by atoms with Gasteiger partial charge in [-0.3, -0.25) is 9.36 Å². The average Bonchev–Trinajstić information content (AvgIpc) is 3.42. The summed E-state index contributed by atoms with van der Waals surface area (Å²) in [6.07, 6.45) is 1.38. The molecule has 0 radical (unpaired) electrons. The van der Waals surface area contributed by atoms with E-state index in [1.54, 1.807) is 27.4 Å². The summed E-state index contributed by atoms with van der Waals surface area (Å²) in [5, 5.41) is 18.0. The number of aromatic hydroxyl groups is 1. The van der Waals surface area contributed by atoms with E-state index in [1.807, 2.05) is 49.6 Å². The van der Waals surface area contributed by atoms with Crippen LogP contribution >= 0.6 is 11.3 Å². The van der Waals surface area contributed by atoms with Gasteiger partial charge >= 0.3 is 0 Å². The Morgan fingerprint density at radius 2 is 1.86 bits per heavy atom. The highest BCUT2D eigenvalue weighted by Gasteiger charge is 2.21. The van der Waals surface area contributed by atoms with Crippen molar-refractivity contribution in [3.8, 4) is 22.7 Å². The number of rotatable bonds is 4. The fourth-order valence-corrected chi connectivity index (χ4v) is 5.40. The van der Waals surface area contributed by atoms with E-state index < -0.39 is 0 Å². The van der Waals surface area contributed by atoms with Gasteiger partial charge in [0, 0.05) is 5.56 Å². The maximum Gasteiger partial charge on any atom is 0.267 e. The van der Waals surface area contributed by atoms with Crippen molar-refractivity contribution < 1.29 is 5.11 Å². The Balaban J connectivity index is 1.61. The lowest BCUT2D eigenvalue weighted by Crippen LogP contribution is -2.26. The third kappa shape index (κ3) is 3.42. The van der Waals surface area contributed by atoms with Crippen LogP contribution in [0.15, 0.2) is 65.0 Å². The van der Waals surface area contributed by atoms with Crippen LogP contribution in [0.1, 0.15) is 17.0 Å². The van der Waals surface area contributed by atoms with E-state index in [0.717, 1.165) is 16.8 Å². The van der Waals surface area contributed by atoms with Crippen molar-refractivity contribution in [2.75, 3.05) is 5.73 Å². The maximum absolute atomic E-state index is 13.8. The van der Waals surface area contributed by atoms with E-state index in [9.17, 15) is 9.90 Å². The van der Waals surface area contributed by atoms with Crippen LogP contribution in [0.5, 0.6) is 5.75 Å². The summed E-state index contributed by atoms with van der Waals surface area (Å²) in [5.74, 6) is 0.907. The minimum Gasteiger partial charge on any atom is -0.508 e. The molecular weight excluding hydrogens is 474 g/mol. The largest absolute Gasteiger partial charge is 0.508 e. The van der Waals surface area contributed by atoms with Crippen LogP contribution in [0.4, 0.5) is 5.82 Å². The van der Waals surface area contributed by atoms with Crippen LogP contribution < -0.4 is 11.3 Å². The molecule has 0 aliphatic carbocycles. The third-order valence-electron chi connectivity index (χ3n) is 6.19. The summed E-state index contributed by atoms with van der Waals surface area (Å²) >= 11 is 1.44. The molecule has 9 nitrogen and oxygen atoms in total. The number of phenolic OH excluding ortho intramolecular Hbond substituents is 1. The number of nitrogen functional groups attached to an aromatic ring is 1. The van der Waals surface area contributed by atoms with E-state index in [0.29, 0.717) is 38.3 Å². The molecule has 10 heteroatoms. The first kappa shape index (κ1) is 21.9. The molecule has 0 saturated heterocycles. The molecule has 0 atom stereocenters.